The Kier molecular flexibility index (Phi) is 4.59. The van der Waals surface area contributed by atoms with Gasteiger partial charge in [-0.25, -0.2) is 4.39 Å². The van der Waals surface area contributed by atoms with Gasteiger partial charge in [-0.05, 0) is 56.7 Å². The van der Waals surface area contributed by atoms with E-state index >= 15 is 0 Å². The molecule has 4 heteroatoms. The molecule has 1 aromatic heterocycles. The van der Waals surface area contributed by atoms with Crippen LogP contribution in [0.1, 0.15) is 43.7 Å². The van der Waals surface area contributed by atoms with Crippen molar-refractivity contribution in [3.05, 3.63) is 35.8 Å². The van der Waals surface area contributed by atoms with E-state index in [2.05, 4.69) is 22.6 Å². The Morgan fingerprint density at radius 3 is 2.83 bits per heavy atom. The predicted molar refractivity (Wildman–Crippen MR) is 94.9 cm³/mol. The van der Waals surface area contributed by atoms with E-state index in [1.807, 2.05) is 12.1 Å². The lowest BCUT2D eigenvalue weighted by molar-refractivity contribution is 0.111. The van der Waals surface area contributed by atoms with Gasteiger partial charge in [0.15, 0.2) is 0 Å². The SMILES string of the molecule is Cc1ccc(F)c2ccn([C@@H]3CCC[C@@H](N4CCCOCC4)C3)c12. The molecule has 1 aliphatic heterocycles. The summed E-state index contributed by atoms with van der Waals surface area (Å²) in [6.07, 6.45) is 8.13. The summed E-state index contributed by atoms with van der Waals surface area (Å²) in [6.45, 7) is 6.05. The first-order valence-electron chi connectivity index (χ1n) is 9.31. The lowest BCUT2D eigenvalue weighted by Gasteiger charge is -2.37. The zero-order chi connectivity index (χ0) is 16.5. The Morgan fingerprint density at radius 1 is 1.04 bits per heavy atom. The van der Waals surface area contributed by atoms with Crippen LogP contribution in [0.2, 0.25) is 0 Å². The van der Waals surface area contributed by atoms with E-state index in [0.29, 0.717) is 12.1 Å². The molecule has 2 fully saturated rings. The normalized spacial score (nSPS) is 26.6. The van der Waals surface area contributed by atoms with Crippen molar-refractivity contribution in [2.24, 2.45) is 0 Å². The topological polar surface area (TPSA) is 17.4 Å². The first kappa shape index (κ1) is 16.1. The molecular formula is C20H27FN2O. The average Bonchev–Trinajstić information content (AvgIpc) is 2.88. The van der Waals surface area contributed by atoms with E-state index in [-0.39, 0.29) is 5.82 Å². The monoisotopic (exact) mass is 330 g/mol. The Morgan fingerprint density at radius 2 is 1.92 bits per heavy atom. The zero-order valence-corrected chi connectivity index (χ0v) is 14.5. The minimum Gasteiger partial charge on any atom is -0.380 e. The maximum atomic E-state index is 14.1. The molecule has 0 amide bonds. The second-order valence-corrected chi connectivity index (χ2v) is 7.33. The second kappa shape index (κ2) is 6.85. The summed E-state index contributed by atoms with van der Waals surface area (Å²) in [5.74, 6) is -0.105. The standard InChI is InChI=1S/C20H27FN2O/c1-15-6-7-19(21)18-8-10-23(20(15)18)17-5-2-4-16(14-17)22-9-3-12-24-13-11-22/h6-8,10,16-17H,2-5,9,11-14H2,1H3/t16-,17-/m1/s1. The molecule has 4 rings (SSSR count). The van der Waals surface area contributed by atoms with Crippen molar-refractivity contribution < 1.29 is 9.13 Å². The lowest BCUT2D eigenvalue weighted by atomic mass is 9.89. The third kappa shape index (κ3) is 2.98. The molecule has 1 aliphatic carbocycles. The smallest absolute Gasteiger partial charge is 0.132 e. The van der Waals surface area contributed by atoms with Crippen LogP contribution in [0.5, 0.6) is 0 Å². The van der Waals surface area contributed by atoms with E-state index in [1.165, 1.54) is 31.2 Å². The highest BCUT2D eigenvalue weighted by Gasteiger charge is 2.29. The predicted octanol–water partition coefficient (Wildman–Crippen LogP) is 4.29. The quantitative estimate of drug-likeness (QED) is 0.817. The van der Waals surface area contributed by atoms with Crippen molar-refractivity contribution in [1.82, 2.24) is 9.47 Å². The molecule has 2 atom stereocenters. The number of fused-ring (bicyclic) bond motifs is 1. The van der Waals surface area contributed by atoms with Crippen LogP contribution in [0.15, 0.2) is 24.4 Å². The molecule has 1 aromatic carbocycles. The number of aryl methyl sites for hydroxylation is 1. The van der Waals surface area contributed by atoms with Gasteiger partial charge in [0, 0.05) is 43.4 Å². The number of rotatable bonds is 2. The van der Waals surface area contributed by atoms with Crippen molar-refractivity contribution >= 4 is 10.9 Å². The van der Waals surface area contributed by atoms with Crippen LogP contribution in [0.25, 0.3) is 10.9 Å². The number of nitrogens with zero attached hydrogens (tertiary/aromatic N) is 2. The Balaban J connectivity index is 1.59. The molecule has 1 saturated heterocycles. The third-order valence-corrected chi connectivity index (χ3v) is 5.81. The molecule has 0 bridgehead atoms. The summed E-state index contributed by atoms with van der Waals surface area (Å²) in [5.41, 5.74) is 2.25. The Hall–Kier alpha value is -1.39. The molecule has 2 heterocycles. The van der Waals surface area contributed by atoms with Gasteiger partial charge in [-0.3, -0.25) is 4.90 Å². The van der Waals surface area contributed by atoms with Crippen molar-refractivity contribution in [2.45, 2.75) is 51.1 Å². The maximum Gasteiger partial charge on any atom is 0.132 e. The van der Waals surface area contributed by atoms with E-state index < -0.39 is 0 Å². The Labute approximate surface area is 143 Å². The summed E-state index contributed by atoms with van der Waals surface area (Å²) >= 11 is 0. The number of aromatic nitrogens is 1. The van der Waals surface area contributed by atoms with Crippen molar-refractivity contribution in [2.75, 3.05) is 26.3 Å². The van der Waals surface area contributed by atoms with Crippen LogP contribution in [0, 0.1) is 12.7 Å². The highest BCUT2D eigenvalue weighted by molar-refractivity contribution is 5.84. The van der Waals surface area contributed by atoms with Crippen LogP contribution >= 0.6 is 0 Å². The fourth-order valence-electron chi connectivity index (χ4n) is 4.58. The number of halogens is 1. The minimum atomic E-state index is -0.105. The maximum absolute atomic E-state index is 14.1. The summed E-state index contributed by atoms with van der Waals surface area (Å²) in [7, 11) is 0. The van der Waals surface area contributed by atoms with Gasteiger partial charge in [-0.1, -0.05) is 6.07 Å². The van der Waals surface area contributed by atoms with Crippen molar-refractivity contribution in [3.63, 3.8) is 0 Å². The Bertz CT molecular complexity index is 703. The molecule has 3 nitrogen and oxygen atoms in total. The van der Waals surface area contributed by atoms with Crippen molar-refractivity contribution in [3.8, 4) is 0 Å². The highest BCUT2D eigenvalue weighted by Crippen LogP contribution is 2.35. The van der Waals surface area contributed by atoms with Gasteiger partial charge in [0.1, 0.15) is 5.82 Å². The average molecular weight is 330 g/mol. The van der Waals surface area contributed by atoms with Crippen LogP contribution in [-0.2, 0) is 4.74 Å². The van der Waals surface area contributed by atoms with E-state index in [9.17, 15) is 4.39 Å². The highest BCUT2D eigenvalue weighted by atomic mass is 19.1. The lowest BCUT2D eigenvalue weighted by Crippen LogP contribution is -2.40. The minimum absolute atomic E-state index is 0.105. The van der Waals surface area contributed by atoms with Gasteiger partial charge >= 0.3 is 0 Å². The number of hydrogen-bond donors (Lipinski definition) is 0. The van der Waals surface area contributed by atoms with Gasteiger partial charge in [0.05, 0.1) is 12.1 Å². The van der Waals surface area contributed by atoms with Crippen molar-refractivity contribution in [1.29, 1.82) is 0 Å². The molecule has 24 heavy (non-hydrogen) atoms. The molecule has 2 aliphatic rings. The number of hydrogen-bond acceptors (Lipinski definition) is 2. The number of benzene rings is 1. The molecule has 2 aromatic rings. The van der Waals surface area contributed by atoms with Gasteiger partial charge in [-0.2, -0.15) is 0 Å². The van der Waals surface area contributed by atoms with Gasteiger partial charge in [-0.15, -0.1) is 0 Å². The third-order valence-electron chi connectivity index (χ3n) is 5.81. The number of ether oxygens (including phenoxy) is 1. The zero-order valence-electron chi connectivity index (χ0n) is 14.5. The summed E-state index contributed by atoms with van der Waals surface area (Å²) < 4.78 is 22.1. The largest absolute Gasteiger partial charge is 0.380 e. The van der Waals surface area contributed by atoms with Crippen LogP contribution in [0.4, 0.5) is 4.39 Å². The molecule has 1 saturated carbocycles. The fraction of sp³-hybridized carbons (Fsp3) is 0.600. The molecule has 130 valence electrons. The molecule has 0 unspecified atom stereocenters. The van der Waals surface area contributed by atoms with Gasteiger partial charge < -0.3 is 9.30 Å². The van der Waals surface area contributed by atoms with E-state index in [4.69, 9.17) is 4.74 Å². The first-order chi connectivity index (χ1) is 11.7. The fourth-order valence-corrected chi connectivity index (χ4v) is 4.58. The van der Waals surface area contributed by atoms with E-state index in [1.54, 1.807) is 6.07 Å². The molecular weight excluding hydrogens is 303 g/mol. The molecule has 0 radical (unpaired) electrons. The van der Waals surface area contributed by atoms with E-state index in [0.717, 1.165) is 43.6 Å². The van der Waals surface area contributed by atoms with Crippen LogP contribution in [0.3, 0.4) is 0 Å². The summed E-state index contributed by atoms with van der Waals surface area (Å²) in [6, 6.07) is 6.55. The van der Waals surface area contributed by atoms with Crippen LogP contribution in [-0.4, -0.2) is 41.8 Å². The summed E-state index contributed by atoms with van der Waals surface area (Å²) in [5, 5.41) is 0.764. The second-order valence-electron chi connectivity index (χ2n) is 7.33. The molecule has 0 N–H and O–H groups in total. The van der Waals surface area contributed by atoms with Gasteiger partial charge in [0.2, 0.25) is 0 Å². The molecule has 0 spiro atoms. The first-order valence-corrected chi connectivity index (χ1v) is 9.31. The summed E-state index contributed by atoms with van der Waals surface area (Å²) in [4.78, 5) is 2.62. The van der Waals surface area contributed by atoms with Crippen LogP contribution < -0.4 is 0 Å². The van der Waals surface area contributed by atoms with Gasteiger partial charge in [0.25, 0.3) is 0 Å².